The van der Waals surface area contributed by atoms with Gasteiger partial charge in [-0.3, -0.25) is 4.79 Å². The number of carbonyl (C=O) groups is 1. The van der Waals surface area contributed by atoms with Crippen molar-refractivity contribution in [3.63, 3.8) is 0 Å². The van der Waals surface area contributed by atoms with Crippen LogP contribution in [0.1, 0.15) is 31.3 Å². The molecule has 1 aliphatic heterocycles. The first-order chi connectivity index (χ1) is 14.8. The molecule has 3 aromatic rings. The number of nitrogens with two attached hydrogens (primary N) is 1. The van der Waals surface area contributed by atoms with E-state index in [0.29, 0.717) is 43.0 Å². The lowest BCUT2D eigenvalue weighted by Crippen LogP contribution is -2.48. The Bertz CT molecular complexity index is 1110. The molecule has 2 aromatic heterocycles. The molecule has 1 unspecified atom stereocenters. The summed E-state index contributed by atoms with van der Waals surface area (Å²) in [6.45, 7) is 8.16. The molecule has 162 valence electrons. The number of aromatic nitrogens is 4. The largest absolute Gasteiger partial charge is 0.368 e. The Balaban J connectivity index is 1.71. The van der Waals surface area contributed by atoms with E-state index < -0.39 is 0 Å². The van der Waals surface area contributed by atoms with Gasteiger partial charge < -0.3 is 20.9 Å². The number of piperazine rings is 1. The monoisotopic (exact) mass is 440 g/mol. The summed E-state index contributed by atoms with van der Waals surface area (Å²) in [6, 6.07) is 7.60. The van der Waals surface area contributed by atoms with Gasteiger partial charge in [-0.1, -0.05) is 11.6 Å². The van der Waals surface area contributed by atoms with Crippen LogP contribution in [0.25, 0.3) is 10.9 Å². The van der Waals surface area contributed by atoms with E-state index in [0.717, 1.165) is 22.3 Å². The zero-order chi connectivity index (χ0) is 22.1. The lowest BCUT2D eigenvalue weighted by molar-refractivity contribution is -0.129. The normalized spacial score (nSPS) is 15.2. The van der Waals surface area contributed by atoms with Crippen molar-refractivity contribution in [2.75, 3.05) is 42.1 Å². The van der Waals surface area contributed by atoms with Gasteiger partial charge in [0.2, 0.25) is 17.8 Å². The maximum Gasteiger partial charge on any atom is 0.228 e. The summed E-state index contributed by atoms with van der Waals surface area (Å²) in [5.74, 6) is 2.10. The highest BCUT2D eigenvalue weighted by Crippen LogP contribution is 2.32. The van der Waals surface area contributed by atoms with Gasteiger partial charge in [0.25, 0.3) is 0 Å². The highest BCUT2D eigenvalue weighted by Gasteiger charge is 2.24. The number of aryl methyl sites for hydroxylation is 1. The molecule has 1 amide bonds. The molecule has 3 heterocycles. The van der Waals surface area contributed by atoms with Gasteiger partial charge in [0.1, 0.15) is 11.6 Å². The Hall–Kier alpha value is -3.20. The van der Waals surface area contributed by atoms with Crippen molar-refractivity contribution in [3.05, 3.63) is 40.7 Å². The number of hydrogen-bond acceptors (Lipinski definition) is 8. The van der Waals surface area contributed by atoms with E-state index in [-0.39, 0.29) is 17.9 Å². The summed E-state index contributed by atoms with van der Waals surface area (Å²) < 4.78 is 0. The Morgan fingerprint density at radius 3 is 2.55 bits per heavy atom. The molecule has 0 bridgehead atoms. The fraction of sp³-hybridized carbons (Fsp3) is 0.381. The van der Waals surface area contributed by atoms with E-state index in [2.05, 4.69) is 31.2 Å². The molecule has 10 heteroatoms. The van der Waals surface area contributed by atoms with Crippen molar-refractivity contribution in [3.8, 4) is 0 Å². The van der Waals surface area contributed by atoms with Gasteiger partial charge in [-0.25, -0.2) is 4.98 Å². The fourth-order valence-corrected chi connectivity index (χ4v) is 3.98. The third-order valence-electron chi connectivity index (χ3n) is 5.39. The molecule has 1 atom stereocenters. The predicted octanol–water partition coefficient (Wildman–Crippen LogP) is 2.81. The average Bonchev–Trinajstić information content (AvgIpc) is 2.72. The second-order valence-electron chi connectivity index (χ2n) is 7.66. The molecule has 0 radical (unpaired) electrons. The fourth-order valence-electron chi connectivity index (χ4n) is 3.80. The SMILES string of the molecule is CC(=O)N1CCN(c2nc3ccc(Cl)cc3cc2C(C)Nc2nc(C)nc(N)n2)CC1. The number of fused-ring (bicyclic) bond motifs is 1. The van der Waals surface area contributed by atoms with Crippen LogP contribution < -0.4 is 16.0 Å². The van der Waals surface area contributed by atoms with Crippen molar-refractivity contribution in [1.82, 2.24) is 24.8 Å². The van der Waals surface area contributed by atoms with E-state index in [4.69, 9.17) is 22.3 Å². The van der Waals surface area contributed by atoms with E-state index >= 15 is 0 Å². The van der Waals surface area contributed by atoms with Crippen molar-refractivity contribution in [1.29, 1.82) is 0 Å². The molecular formula is C21H25ClN8O. The van der Waals surface area contributed by atoms with Crippen LogP contribution in [0.15, 0.2) is 24.3 Å². The van der Waals surface area contributed by atoms with Gasteiger partial charge >= 0.3 is 0 Å². The lowest BCUT2D eigenvalue weighted by Gasteiger charge is -2.36. The van der Waals surface area contributed by atoms with Gasteiger partial charge in [0, 0.05) is 49.1 Å². The van der Waals surface area contributed by atoms with E-state index in [9.17, 15) is 4.79 Å². The average molecular weight is 441 g/mol. The third-order valence-corrected chi connectivity index (χ3v) is 5.62. The Kier molecular flexibility index (Phi) is 5.77. The highest BCUT2D eigenvalue weighted by atomic mass is 35.5. The first-order valence-electron chi connectivity index (χ1n) is 10.2. The standard InChI is InChI=1S/C21H25ClN8O/c1-12(24-21-26-13(2)25-20(23)28-21)17-11-15-10-16(22)4-5-18(15)27-19(17)30-8-6-29(7-9-30)14(3)31/h4-5,10-12H,6-9H2,1-3H3,(H3,23,24,25,26,28). The summed E-state index contributed by atoms with van der Waals surface area (Å²) >= 11 is 6.22. The van der Waals surface area contributed by atoms with Crippen LogP contribution in [0.5, 0.6) is 0 Å². The van der Waals surface area contributed by atoms with E-state index in [1.54, 1.807) is 13.8 Å². The molecule has 0 spiro atoms. The summed E-state index contributed by atoms with van der Waals surface area (Å²) in [5.41, 5.74) is 7.63. The molecule has 1 aromatic carbocycles. The second kappa shape index (κ2) is 8.50. The Morgan fingerprint density at radius 2 is 1.87 bits per heavy atom. The summed E-state index contributed by atoms with van der Waals surface area (Å²) in [7, 11) is 0. The number of pyridine rings is 1. The van der Waals surface area contributed by atoms with Crippen LogP contribution in [0, 0.1) is 6.92 Å². The number of benzene rings is 1. The molecule has 3 N–H and O–H groups in total. The molecular weight excluding hydrogens is 416 g/mol. The summed E-state index contributed by atoms with van der Waals surface area (Å²) in [5, 5.41) is 4.93. The van der Waals surface area contributed by atoms with Gasteiger partial charge in [-0.15, -0.1) is 0 Å². The Morgan fingerprint density at radius 1 is 1.13 bits per heavy atom. The van der Waals surface area contributed by atoms with E-state index in [1.165, 1.54) is 0 Å². The van der Waals surface area contributed by atoms with Gasteiger partial charge in [0.15, 0.2) is 0 Å². The first-order valence-corrected chi connectivity index (χ1v) is 10.5. The van der Waals surface area contributed by atoms with Crippen molar-refractivity contribution in [2.45, 2.75) is 26.8 Å². The number of nitrogen functional groups attached to an aromatic ring is 1. The minimum atomic E-state index is -0.155. The van der Waals surface area contributed by atoms with Crippen LogP contribution in [-0.2, 0) is 4.79 Å². The van der Waals surface area contributed by atoms with Crippen LogP contribution in [-0.4, -0.2) is 56.9 Å². The lowest BCUT2D eigenvalue weighted by atomic mass is 10.0. The number of halogens is 1. The van der Waals surface area contributed by atoms with Crippen molar-refractivity contribution < 1.29 is 4.79 Å². The number of anilines is 3. The van der Waals surface area contributed by atoms with Crippen LogP contribution in [0.2, 0.25) is 5.02 Å². The number of nitrogens with one attached hydrogen (secondary N) is 1. The quantitative estimate of drug-likeness (QED) is 0.636. The number of amides is 1. The smallest absolute Gasteiger partial charge is 0.228 e. The highest BCUT2D eigenvalue weighted by molar-refractivity contribution is 6.31. The zero-order valence-electron chi connectivity index (χ0n) is 17.8. The molecule has 9 nitrogen and oxygen atoms in total. The van der Waals surface area contributed by atoms with Gasteiger partial charge in [-0.05, 0) is 38.1 Å². The minimum Gasteiger partial charge on any atom is -0.368 e. The van der Waals surface area contributed by atoms with Crippen molar-refractivity contribution in [2.24, 2.45) is 0 Å². The topological polar surface area (TPSA) is 113 Å². The van der Waals surface area contributed by atoms with Crippen LogP contribution in [0.4, 0.5) is 17.7 Å². The van der Waals surface area contributed by atoms with Crippen LogP contribution >= 0.6 is 11.6 Å². The summed E-state index contributed by atoms with van der Waals surface area (Å²) in [4.78, 5) is 33.3. The van der Waals surface area contributed by atoms with Gasteiger partial charge in [0.05, 0.1) is 11.6 Å². The molecule has 1 aliphatic rings. The summed E-state index contributed by atoms with van der Waals surface area (Å²) in [6.07, 6.45) is 0. The molecule has 31 heavy (non-hydrogen) atoms. The molecule has 4 rings (SSSR count). The zero-order valence-corrected chi connectivity index (χ0v) is 18.5. The number of carbonyl (C=O) groups excluding carboxylic acids is 1. The number of hydrogen-bond donors (Lipinski definition) is 2. The number of nitrogens with zero attached hydrogens (tertiary/aromatic N) is 6. The molecule has 1 fully saturated rings. The molecule has 0 aliphatic carbocycles. The molecule has 0 saturated carbocycles. The maximum atomic E-state index is 11.7. The van der Waals surface area contributed by atoms with E-state index in [1.807, 2.05) is 30.0 Å². The van der Waals surface area contributed by atoms with Crippen molar-refractivity contribution >= 4 is 46.1 Å². The first kappa shape index (κ1) is 21.0. The third kappa shape index (κ3) is 4.61. The number of rotatable bonds is 4. The maximum absolute atomic E-state index is 11.7. The minimum absolute atomic E-state index is 0.0961. The molecule has 1 saturated heterocycles. The second-order valence-corrected chi connectivity index (χ2v) is 8.10. The van der Waals surface area contributed by atoms with Crippen LogP contribution in [0.3, 0.4) is 0 Å². The predicted molar refractivity (Wildman–Crippen MR) is 122 cm³/mol. The van der Waals surface area contributed by atoms with Gasteiger partial charge in [-0.2, -0.15) is 15.0 Å². The Labute approximate surface area is 185 Å².